The molecule has 0 aliphatic rings. The first-order valence-corrected chi connectivity index (χ1v) is 7.03. The summed E-state index contributed by atoms with van der Waals surface area (Å²) >= 11 is 2.33. The van der Waals surface area contributed by atoms with Crippen molar-refractivity contribution in [2.75, 3.05) is 11.9 Å². The van der Waals surface area contributed by atoms with Gasteiger partial charge in [-0.1, -0.05) is 17.4 Å². The molecule has 1 heterocycles. The summed E-state index contributed by atoms with van der Waals surface area (Å²) in [6, 6.07) is 3.42. The lowest BCUT2D eigenvalue weighted by Crippen LogP contribution is -1.96. The fraction of sp³-hybridized carbons (Fsp3) is 0.0909. The van der Waals surface area contributed by atoms with E-state index in [2.05, 4.69) is 22.1 Å². The Labute approximate surface area is 121 Å². The summed E-state index contributed by atoms with van der Waals surface area (Å²) in [5.74, 6) is -0.647. The van der Waals surface area contributed by atoms with Crippen LogP contribution in [0.2, 0.25) is 0 Å². The molecule has 0 radical (unpaired) electrons. The summed E-state index contributed by atoms with van der Waals surface area (Å²) in [6.45, 7) is 4.12. The molecule has 1 aromatic carbocycles. The summed E-state index contributed by atoms with van der Waals surface area (Å²) < 4.78 is 13.6. The van der Waals surface area contributed by atoms with Crippen LogP contribution in [0, 0.1) is 15.9 Å². The highest BCUT2D eigenvalue weighted by Crippen LogP contribution is 2.37. The summed E-state index contributed by atoms with van der Waals surface area (Å²) in [4.78, 5) is 10.6. The number of nitro groups is 1. The van der Waals surface area contributed by atoms with E-state index < -0.39 is 10.7 Å². The fourth-order valence-electron chi connectivity index (χ4n) is 1.30. The third kappa shape index (κ3) is 3.52. The van der Waals surface area contributed by atoms with Crippen LogP contribution in [0.4, 0.5) is 15.2 Å². The van der Waals surface area contributed by atoms with Gasteiger partial charge in [-0.05, 0) is 23.9 Å². The Hall–Kier alpha value is -2.00. The maximum Gasteiger partial charge on any atom is 0.286 e. The molecule has 104 valence electrons. The van der Waals surface area contributed by atoms with Crippen LogP contribution in [0.3, 0.4) is 0 Å². The van der Waals surface area contributed by atoms with Crippen molar-refractivity contribution in [1.82, 2.24) is 10.2 Å². The van der Waals surface area contributed by atoms with Crippen LogP contribution < -0.4 is 5.32 Å². The summed E-state index contributed by atoms with van der Waals surface area (Å²) in [5.41, 5.74) is -0.286. The normalized spacial score (nSPS) is 10.2. The standard InChI is InChI=1S/C11H9FN4O2S2/c1-2-5-13-10-14-15-11(20-10)19-9-4-3-7(12)6-8(9)16(17)18/h2-4,6H,1,5H2,(H,13,14). The number of hydrogen-bond donors (Lipinski definition) is 1. The maximum absolute atomic E-state index is 13.0. The van der Waals surface area contributed by atoms with Gasteiger partial charge >= 0.3 is 0 Å². The highest BCUT2D eigenvalue weighted by molar-refractivity contribution is 8.01. The molecule has 0 saturated heterocycles. The fourth-order valence-corrected chi connectivity index (χ4v) is 3.10. The zero-order valence-electron chi connectivity index (χ0n) is 10.1. The number of hydrogen-bond acceptors (Lipinski definition) is 7. The van der Waals surface area contributed by atoms with Gasteiger partial charge in [0.1, 0.15) is 5.82 Å². The second-order valence-corrected chi connectivity index (χ2v) is 5.78. The van der Waals surface area contributed by atoms with E-state index in [1.54, 1.807) is 6.08 Å². The molecule has 0 saturated carbocycles. The molecule has 1 aromatic heterocycles. The van der Waals surface area contributed by atoms with Crippen LogP contribution in [0.5, 0.6) is 0 Å². The molecule has 2 rings (SSSR count). The van der Waals surface area contributed by atoms with Crippen LogP contribution in [0.15, 0.2) is 40.1 Å². The van der Waals surface area contributed by atoms with Crippen molar-refractivity contribution in [3.05, 3.63) is 46.8 Å². The van der Waals surface area contributed by atoms with Gasteiger partial charge in [0.25, 0.3) is 5.69 Å². The Morgan fingerprint density at radius 2 is 2.35 bits per heavy atom. The van der Waals surface area contributed by atoms with Crippen LogP contribution in [-0.2, 0) is 0 Å². The third-order valence-electron chi connectivity index (χ3n) is 2.12. The maximum atomic E-state index is 13.0. The van der Waals surface area contributed by atoms with Crippen molar-refractivity contribution in [2.24, 2.45) is 0 Å². The minimum absolute atomic E-state index is 0.286. The van der Waals surface area contributed by atoms with Gasteiger partial charge in [-0.15, -0.1) is 16.8 Å². The number of nitro benzene ring substituents is 1. The van der Waals surface area contributed by atoms with Crippen LogP contribution in [0.25, 0.3) is 0 Å². The zero-order chi connectivity index (χ0) is 14.5. The highest BCUT2D eigenvalue weighted by Gasteiger charge is 2.17. The predicted octanol–water partition coefficient (Wildman–Crippen LogP) is 3.33. The molecule has 0 unspecified atom stereocenters. The number of nitrogens with one attached hydrogen (secondary N) is 1. The van der Waals surface area contributed by atoms with Gasteiger partial charge in [0.15, 0.2) is 4.34 Å². The second kappa shape index (κ2) is 6.44. The number of benzene rings is 1. The molecule has 20 heavy (non-hydrogen) atoms. The van der Waals surface area contributed by atoms with E-state index in [4.69, 9.17) is 0 Å². The number of rotatable bonds is 6. The molecule has 0 spiro atoms. The SMILES string of the molecule is C=CCNc1nnc(Sc2ccc(F)cc2[N+](=O)[O-])s1. The van der Waals surface area contributed by atoms with E-state index in [0.717, 1.165) is 17.8 Å². The van der Waals surface area contributed by atoms with E-state index in [9.17, 15) is 14.5 Å². The van der Waals surface area contributed by atoms with E-state index in [0.29, 0.717) is 20.9 Å². The predicted molar refractivity (Wildman–Crippen MR) is 75.8 cm³/mol. The van der Waals surface area contributed by atoms with Crippen molar-refractivity contribution in [3.8, 4) is 0 Å². The van der Waals surface area contributed by atoms with Crippen LogP contribution in [-0.4, -0.2) is 21.7 Å². The smallest absolute Gasteiger partial charge is 0.286 e. The Bertz CT molecular complexity index is 647. The minimum atomic E-state index is -0.647. The Morgan fingerprint density at radius 1 is 1.55 bits per heavy atom. The van der Waals surface area contributed by atoms with Gasteiger partial charge in [0, 0.05) is 6.54 Å². The van der Waals surface area contributed by atoms with Gasteiger partial charge in [0.2, 0.25) is 5.13 Å². The number of halogens is 1. The molecule has 0 amide bonds. The molecule has 0 aliphatic carbocycles. The molecule has 9 heteroatoms. The van der Waals surface area contributed by atoms with Gasteiger partial charge in [-0.2, -0.15) is 0 Å². The zero-order valence-corrected chi connectivity index (χ0v) is 11.7. The van der Waals surface area contributed by atoms with Crippen molar-refractivity contribution in [2.45, 2.75) is 9.24 Å². The Kier molecular flexibility index (Phi) is 4.64. The van der Waals surface area contributed by atoms with Gasteiger partial charge in [0.05, 0.1) is 15.9 Å². The summed E-state index contributed by atoms with van der Waals surface area (Å²) in [7, 11) is 0. The molecule has 0 bridgehead atoms. The number of anilines is 1. The summed E-state index contributed by atoms with van der Waals surface area (Å²) in [6.07, 6.45) is 1.68. The molecular formula is C11H9FN4O2S2. The topological polar surface area (TPSA) is 81.0 Å². The first-order chi connectivity index (χ1) is 9.60. The molecule has 2 aromatic rings. The third-order valence-corrected chi connectivity index (χ3v) is 4.12. The average Bonchev–Trinajstić information content (AvgIpc) is 2.86. The molecule has 0 aliphatic heterocycles. The van der Waals surface area contributed by atoms with Gasteiger partial charge in [-0.3, -0.25) is 10.1 Å². The first kappa shape index (κ1) is 14.4. The van der Waals surface area contributed by atoms with Crippen LogP contribution in [0.1, 0.15) is 0 Å². The van der Waals surface area contributed by atoms with Crippen molar-refractivity contribution >= 4 is 33.9 Å². The number of nitrogens with zero attached hydrogens (tertiary/aromatic N) is 3. The largest absolute Gasteiger partial charge is 0.357 e. The van der Waals surface area contributed by atoms with Gasteiger partial charge in [-0.25, -0.2) is 4.39 Å². The Balaban J connectivity index is 2.19. The van der Waals surface area contributed by atoms with Crippen molar-refractivity contribution in [1.29, 1.82) is 0 Å². The average molecular weight is 312 g/mol. The highest BCUT2D eigenvalue weighted by atomic mass is 32.2. The lowest BCUT2D eigenvalue weighted by atomic mass is 10.3. The lowest BCUT2D eigenvalue weighted by molar-refractivity contribution is -0.387. The molecule has 0 atom stereocenters. The molecular weight excluding hydrogens is 303 g/mol. The van der Waals surface area contributed by atoms with E-state index >= 15 is 0 Å². The summed E-state index contributed by atoms with van der Waals surface area (Å²) in [5, 5.41) is 22.2. The van der Waals surface area contributed by atoms with E-state index in [-0.39, 0.29) is 5.69 Å². The lowest BCUT2D eigenvalue weighted by Gasteiger charge is -1.99. The monoisotopic (exact) mass is 312 g/mol. The molecule has 6 nitrogen and oxygen atoms in total. The van der Waals surface area contributed by atoms with Crippen molar-refractivity contribution in [3.63, 3.8) is 0 Å². The number of aromatic nitrogens is 2. The first-order valence-electron chi connectivity index (χ1n) is 5.40. The Morgan fingerprint density at radius 3 is 3.05 bits per heavy atom. The second-order valence-electron chi connectivity index (χ2n) is 3.51. The quantitative estimate of drug-likeness (QED) is 0.500. The molecule has 1 N–H and O–H groups in total. The van der Waals surface area contributed by atoms with E-state index in [1.807, 2.05) is 0 Å². The minimum Gasteiger partial charge on any atom is -0.357 e. The molecule has 0 fully saturated rings. The van der Waals surface area contributed by atoms with Crippen molar-refractivity contribution < 1.29 is 9.31 Å². The van der Waals surface area contributed by atoms with E-state index in [1.165, 1.54) is 23.5 Å². The van der Waals surface area contributed by atoms with Crippen LogP contribution >= 0.6 is 23.1 Å². The van der Waals surface area contributed by atoms with Gasteiger partial charge < -0.3 is 5.32 Å².